The third-order valence-corrected chi connectivity index (χ3v) is 4.36. The van der Waals surface area contributed by atoms with Gasteiger partial charge in [-0.05, 0) is 19.1 Å². The molecule has 1 N–H and O–H groups in total. The summed E-state index contributed by atoms with van der Waals surface area (Å²) in [6, 6.07) is 6.19. The Bertz CT molecular complexity index is 862. The normalized spacial score (nSPS) is 11.0. The molecule has 0 radical (unpaired) electrons. The van der Waals surface area contributed by atoms with Crippen LogP contribution in [0.1, 0.15) is 5.76 Å². The molecule has 1 aromatic heterocycles. The fourth-order valence-electron chi connectivity index (χ4n) is 2.11. The number of aromatic nitrogens is 1. The van der Waals surface area contributed by atoms with E-state index in [4.69, 9.17) is 14.0 Å². The molecular weight excluding hydrogens is 350 g/mol. The van der Waals surface area contributed by atoms with Crippen molar-refractivity contribution in [3.05, 3.63) is 30.0 Å². The molecule has 0 fully saturated rings. The van der Waals surface area contributed by atoms with Crippen LogP contribution >= 0.6 is 0 Å². The van der Waals surface area contributed by atoms with E-state index < -0.39 is 22.5 Å². The van der Waals surface area contributed by atoms with Crippen molar-refractivity contribution in [1.82, 2.24) is 5.16 Å². The summed E-state index contributed by atoms with van der Waals surface area (Å²) in [5.74, 6) is 0.857. The largest absolute Gasteiger partial charge is 0.497 e. The summed E-state index contributed by atoms with van der Waals surface area (Å²) in [4.78, 5) is 12.2. The van der Waals surface area contributed by atoms with E-state index in [2.05, 4.69) is 10.5 Å². The van der Waals surface area contributed by atoms with Gasteiger partial charge in [-0.3, -0.25) is 9.10 Å². The molecule has 9 nitrogen and oxygen atoms in total. The predicted octanol–water partition coefficient (Wildman–Crippen LogP) is 1.40. The average Bonchev–Trinajstić information content (AvgIpc) is 2.95. The Balaban J connectivity index is 2.32. The van der Waals surface area contributed by atoms with Crippen LogP contribution < -0.4 is 19.1 Å². The van der Waals surface area contributed by atoms with Gasteiger partial charge in [-0.15, -0.1) is 0 Å². The molecule has 10 heteroatoms. The van der Waals surface area contributed by atoms with E-state index in [9.17, 15) is 13.2 Å². The number of rotatable bonds is 7. The number of aryl methyl sites for hydroxylation is 1. The predicted molar refractivity (Wildman–Crippen MR) is 91.6 cm³/mol. The number of sulfonamides is 1. The lowest BCUT2D eigenvalue weighted by atomic mass is 10.2. The molecule has 0 aliphatic rings. The highest BCUT2D eigenvalue weighted by atomic mass is 32.2. The van der Waals surface area contributed by atoms with Crippen LogP contribution in [-0.4, -0.2) is 46.5 Å². The highest BCUT2D eigenvalue weighted by Gasteiger charge is 2.25. The lowest BCUT2D eigenvalue weighted by molar-refractivity contribution is -0.114. The Kier molecular flexibility index (Phi) is 5.52. The van der Waals surface area contributed by atoms with E-state index >= 15 is 0 Å². The minimum atomic E-state index is -3.76. The molecule has 1 amide bonds. The van der Waals surface area contributed by atoms with Crippen molar-refractivity contribution in [3.63, 3.8) is 0 Å². The Hall–Kier alpha value is -2.75. The fraction of sp³-hybridized carbons (Fsp3) is 0.333. The third-order valence-electron chi connectivity index (χ3n) is 3.24. The SMILES string of the molecule is COc1ccc(OC)c(N(CC(=O)Nc2cc(C)on2)S(C)(=O)=O)c1. The number of hydrogen-bond acceptors (Lipinski definition) is 7. The van der Waals surface area contributed by atoms with Crippen LogP contribution in [0.3, 0.4) is 0 Å². The van der Waals surface area contributed by atoms with E-state index in [-0.39, 0.29) is 17.3 Å². The molecular formula is C15H19N3O6S. The third kappa shape index (κ3) is 4.63. The first kappa shape index (κ1) is 18.6. The van der Waals surface area contributed by atoms with Crippen molar-refractivity contribution < 1.29 is 27.2 Å². The molecule has 0 saturated heterocycles. The van der Waals surface area contributed by atoms with Gasteiger partial charge in [0, 0.05) is 12.1 Å². The Morgan fingerprint density at radius 3 is 2.52 bits per heavy atom. The summed E-state index contributed by atoms with van der Waals surface area (Å²) in [5.41, 5.74) is 0.191. The number of carbonyl (C=O) groups is 1. The van der Waals surface area contributed by atoms with Gasteiger partial charge in [-0.1, -0.05) is 5.16 Å². The molecule has 136 valence electrons. The van der Waals surface area contributed by atoms with Gasteiger partial charge in [0.15, 0.2) is 5.82 Å². The zero-order valence-corrected chi connectivity index (χ0v) is 15.1. The van der Waals surface area contributed by atoms with E-state index in [1.54, 1.807) is 19.1 Å². The summed E-state index contributed by atoms with van der Waals surface area (Å²) < 4.78 is 40.5. The Morgan fingerprint density at radius 1 is 1.28 bits per heavy atom. The van der Waals surface area contributed by atoms with Crippen molar-refractivity contribution in [3.8, 4) is 11.5 Å². The summed E-state index contributed by atoms with van der Waals surface area (Å²) in [5, 5.41) is 6.12. The van der Waals surface area contributed by atoms with Gasteiger partial charge >= 0.3 is 0 Å². The van der Waals surface area contributed by atoms with Gasteiger partial charge in [0.25, 0.3) is 0 Å². The minimum absolute atomic E-state index is 0.191. The van der Waals surface area contributed by atoms with Crippen LogP contribution in [0, 0.1) is 6.92 Å². The van der Waals surface area contributed by atoms with E-state index in [1.165, 1.54) is 26.4 Å². The number of benzene rings is 1. The fourth-order valence-corrected chi connectivity index (χ4v) is 2.96. The first-order valence-corrected chi connectivity index (χ1v) is 9.02. The highest BCUT2D eigenvalue weighted by Crippen LogP contribution is 2.33. The number of ether oxygens (including phenoxy) is 2. The van der Waals surface area contributed by atoms with Gasteiger partial charge in [0.2, 0.25) is 15.9 Å². The van der Waals surface area contributed by atoms with Crippen LogP contribution in [0.25, 0.3) is 0 Å². The number of methoxy groups -OCH3 is 2. The molecule has 0 saturated carbocycles. The summed E-state index contributed by atoms with van der Waals surface area (Å²) in [6.07, 6.45) is 0.999. The summed E-state index contributed by atoms with van der Waals surface area (Å²) in [7, 11) is -0.903. The number of anilines is 2. The molecule has 2 aromatic rings. The van der Waals surface area contributed by atoms with Crippen LogP contribution in [0.15, 0.2) is 28.8 Å². The molecule has 0 aliphatic heterocycles. The molecule has 0 aliphatic carbocycles. The molecule has 0 atom stereocenters. The average molecular weight is 369 g/mol. The summed E-state index contributed by atoms with van der Waals surface area (Å²) >= 11 is 0. The second-order valence-electron chi connectivity index (χ2n) is 5.18. The molecule has 2 rings (SSSR count). The summed E-state index contributed by atoms with van der Waals surface area (Å²) in [6.45, 7) is 1.21. The van der Waals surface area contributed by atoms with E-state index in [0.717, 1.165) is 10.6 Å². The maximum Gasteiger partial charge on any atom is 0.246 e. The van der Waals surface area contributed by atoms with Gasteiger partial charge < -0.3 is 19.3 Å². The first-order valence-electron chi connectivity index (χ1n) is 7.17. The molecule has 0 spiro atoms. The van der Waals surface area contributed by atoms with Crippen molar-refractivity contribution in [2.45, 2.75) is 6.92 Å². The van der Waals surface area contributed by atoms with E-state index in [1.807, 2.05) is 0 Å². The zero-order chi connectivity index (χ0) is 18.6. The number of carbonyl (C=O) groups excluding carboxylic acids is 1. The monoisotopic (exact) mass is 369 g/mol. The van der Waals surface area contributed by atoms with Crippen molar-refractivity contribution in [2.24, 2.45) is 0 Å². The first-order chi connectivity index (χ1) is 11.7. The number of amides is 1. The number of nitrogens with one attached hydrogen (secondary N) is 1. The quantitative estimate of drug-likeness (QED) is 0.785. The molecule has 1 aromatic carbocycles. The minimum Gasteiger partial charge on any atom is -0.497 e. The van der Waals surface area contributed by atoms with Gasteiger partial charge in [0.05, 0.1) is 26.2 Å². The van der Waals surface area contributed by atoms with Gasteiger partial charge in [0.1, 0.15) is 23.8 Å². The van der Waals surface area contributed by atoms with Crippen LogP contribution in [0.2, 0.25) is 0 Å². The standard InChI is InChI=1S/C15H19N3O6S/c1-10-7-14(17-24-10)16-15(19)9-18(25(4,20)21)12-8-11(22-2)5-6-13(12)23-3/h5-8H,9H2,1-4H3,(H,16,17,19). The molecule has 0 bridgehead atoms. The van der Waals surface area contributed by atoms with Crippen molar-refractivity contribution in [2.75, 3.05) is 36.6 Å². The van der Waals surface area contributed by atoms with Crippen LogP contribution in [0.4, 0.5) is 11.5 Å². The lowest BCUT2D eigenvalue weighted by Gasteiger charge is -2.24. The Labute approximate surface area is 145 Å². The van der Waals surface area contributed by atoms with Gasteiger partial charge in [-0.25, -0.2) is 8.42 Å². The van der Waals surface area contributed by atoms with Crippen molar-refractivity contribution >= 4 is 27.4 Å². The smallest absolute Gasteiger partial charge is 0.246 e. The van der Waals surface area contributed by atoms with Crippen LogP contribution in [-0.2, 0) is 14.8 Å². The molecule has 1 heterocycles. The zero-order valence-electron chi connectivity index (χ0n) is 14.3. The maximum absolute atomic E-state index is 12.2. The van der Waals surface area contributed by atoms with Crippen LogP contribution in [0.5, 0.6) is 11.5 Å². The number of nitrogens with zero attached hydrogens (tertiary/aromatic N) is 2. The number of hydrogen-bond donors (Lipinski definition) is 1. The van der Waals surface area contributed by atoms with Crippen molar-refractivity contribution in [1.29, 1.82) is 0 Å². The second kappa shape index (κ2) is 7.43. The van der Waals surface area contributed by atoms with Gasteiger partial charge in [-0.2, -0.15) is 0 Å². The van der Waals surface area contributed by atoms with E-state index in [0.29, 0.717) is 11.5 Å². The maximum atomic E-state index is 12.2. The lowest BCUT2D eigenvalue weighted by Crippen LogP contribution is -2.37. The topological polar surface area (TPSA) is 111 Å². The highest BCUT2D eigenvalue weighted by molar-refractivity contribution is 7.92. The molecule has 0 unspecified atom stereocenters. The molecule has 25 heavy (non-hydrogen) atoms. The second-order valence-corrected chi connectivity index (χ2v) is 7.09. The Morgan fingerprint density at radius 2 is 2.00 bits per heavy atom.